The largest absolute Gasteiger partial charge is 0.444 e. The van der Waals surface area contributed by atoms with Crippen LogP contribution in [0.2, 0.25) is 0 Å². The predicted molar refractivity (Wildman–Crippen MR) is 102 cm³/mol. The van der Waals surface area contributed by atoms with Crippen LogP contribution in [0.4, 0.5) is 4.79 Å². The highest BCUT2D eigenvalue weighted by atomic mass is 32.1. The van der Waals surface area contributed by atoms with Gasteiger partial charge < -0.3 is 15.2 Å². The highest BCUT2D eigenvalue weighted by molar-refractivity contribution is 7.15. The first-order chi connectivity index (χ1) is 12.7. The van der Waals surface area contributed by atoms with Crippen molar-refractivity contribution in [3.05, 3.63) is 40.9 Å². The van der Waals surface area contributed by atoms with Crippen LogP contribution < -0.4 is 5.73 Å². The summed E-state index contributed by atoms with van der Waals surface area (Å²) in [5.74, 6) is 0. The molecule has 140 valence electrons. The second kappa shape index (κ2) is 9.66. The molecule has 2 heterocycles. The minimum absolute atomic E-state index is 0.175. The van der Waals surface area contributed by atoms with E-state index in [0.29, 0.717) is 0 Å². The third kappa shape index (κ3) is 5.79. The Hall–Kier alpha value is -1.96. The first-order valence-electron chi connectivity index (χ1n) is 8.97. The van der Waals surface area contributed by atoms with Crippen molar-refractivity contribution in [1.29, 1.82) is 0 Å². The van der Waals surface area contributed by atoms with E-state index >= 15 is 0 Å². The van der Waals surface area contributed by atoms with Gasteiger partial charge in [0.1, 0.15) is 11.6 Å². The first kappa shape index (κ1) is 18.8. The number of nitrogens with zero attached hydrogens (tertiary/aromatic N) is 2. The molecule has 6 nitrogen and oxygen atoms in total. The molecule has 0 radical (unpaired) electrons. The van der Waals surface area contributed by atoms with E-state index < -0.39 is 6.09 Å². The lowest BCUT2D eigenvalue weighted by atomic mass is 10.1. The molecule has 26 heavy (non-hydrogen) atoms. The molecule has 0 atom stereocenters. The SMILES string of the molecule is NC(=O)OCc1cnc(-c2ccc(CCCCN3CCOCC3)cc2)s1. The zero-order chi connectivity index (χ0) is 18.2. The smallest absolute Gasteiger partial charge is 0.404 e. The van der Waals surface area contributed by atoms with Crippen LogP contribution in [0.5, 0.6) is 0 Å². The summed E-state index contributed by atoms with van der Waals surface area (Å²) in [5, 5.41) is 0.923. The quantitative estimate of drug-likeness (QED) is 0.718. The molecule has 2 N–H and O–H groups in total. The van der Waals surface area contributed by atoms with Gasteiger partial charge >= 0.3 is 6.09 Å². The van der Waals surface area contributed by atoms with E-state index in [1.54, 1.807) is 6.20 Å². The lowest BCUT2D eigenvalue weighted by molar-refractivity contribution is 0.0372. The molecule has 0 saturated carbocycles. The van der Waals surface area contributed by atoms with Crippen LogP contribution in [-0.2, 0) is 22.5 Å². The van der Waals surface area contributed by atoms with Crippen molar-refractivity contribution in [2.75, 3.05) is 32.8 Å². The van der Waals surface area contributed by atoms with Crippen LogP contribution in [0.1, 0.15) is 23.3 Å². The molecule has 1 aromatic carbocycles. The Morgan fingerprint density at radius 3 is 2.73 bits per heavy atom. The molecule has 3 rings (SSSR count). The molecule has 1 amide bonds. The molecule has 7 heteroatoms. The second-order valence-corrected chi connectivity index (χ2v) is 7.46. The van der Waals surface area contributed by atoms with Gasteiger partial charge in [0.2, 0.25) is 0 Å². The third-order valence-electron chi connectivity index (χ3n) is 4.40. The maximum atomic E-state index is 10.7. The molecule has 0 bridgehead atoms. The average Bonchev–Trinajstić information content (AvgIpc) is 3.14. The Morgan fingerprint density at radius 2 is 2.00 bits per heavy atom. The molecule has 1 saturated heterocycles. The van der Waals surface area contributed by atoms with Gasteiger partial charge in [-0.05, 0) is 31.4 Å². The van der Waals surface area contributed by atoms with Crippen LogP contribution in [0.3, 0.4) is 0 Å². The highest BCUT2D eigenvalue weighted by Gasteiger charge is 2.09. The standard InChI is InChI=1S/C19H25N3O3S/c20-19(23)25-14-17-13-21-18(26-17)16-6-4-15(5-7-16)3-1-2-8-22-9-11-24-12-10-22/h4-7,13H,1-3,8-12,14H2,(H2,20,23). The molecule has 0 spiro atoms. The summed E-state index contributed by atoms with van der Waals surface area (Å²) in [6, 6.07) is 8.56. The Balaban J connectivity index is 1.43. The summed E-state index contributed by atoms with van der Waals surface area (Å²) in [5.41, 5.74) is 7.41. The number of amides is 1. The molecule has 1 aliphatic rings. The van der Waals surface area contributed by atoms with Crippen LogP contribution in [-0.4, -0.2) is 48.8 Å². The van der Waals surface area contributed by atoms with E-state index in [4.69, 9.17) is 15.2 Å². The maximum absolute atomic E-state index is 10.7. The number of nitrogens with two attached hydrogens (primary N) is 1. The minimum Gasteiger partial charge on any atom is -0.444 e. The van der Waals surface area contributed by atoms with E-state index in [1.807, 2.05) is 0 Å². The van der Waals surface area contributed by atoms with Gasteiger partial charge in [-0.2, -0.15) is 0 Å². The number of morpholine rings is 1. The van der Waals surface area contributed by atoms with Crippen molar-refractivity contribution in [1.82, 2.24) is 9.88 Å². The van der Waals surface area contributed by atoms with Gasteiger partial charge in [0, 0.05) is 24.8 Å². The molecule has 0 unspecified atom stereocenters. The Morgan fingerprint density at radius 1 is 1.23 bits per heavy atom. The van der Waals surface area contributed by atoms with Gasteiger partial charge in [0.05, 0.1) is 18.1 Å². The van der Waals surface area contributed by atoms with Crippen LogP contribution in [0, 0.1) is 0 Å². The lowest BCUT2D eigenvalue weighted by Gasteiger charge is -2.26. The van der Waals surface area contributed by atoms with Crippen molar-refractivity contribution in [2.45, 2.75) is 25.9 Å². The number of unbranched alkanes of at least 4 members (excludes halogenated alkanes) is 1. The summed E-state index contributed by atoms with van der Waals surface area (Å²) in [4.78, 5) is 18.4. The maximum Gasteiger partial charge on any atom is 0.404 e. The van der Waals surface area contributed by atoms with Crippen molar-refractivity contribution in [3.63, 3.8) is 0 Å². The summed E-state index contributed by atoms with van der Waals surface area (Å²) in [6.07, 6.45) is 4.47. The number of aromatic nitrogens is 1. The fraction of sp³-hybridized carbons (Fsp3) is 0.474. The number of carbonyl (C=O) groups is 1. The number of rotatable bonds is 8. The molecular formula is C19H25N3O3S. The number of hydrogen-bond acceptors (Lipinski definition) is 6. The molecule has 1 aromatic heterocycles. The number of ether oxygens (including phenoxy) is 2. The number of hydrogen-bond donors (Lipinski definition) is 1. The molecule has 1 fully saturated rings. The normalized spacial score (nSPS) is 15.1. The van der Waals surface area contributed by atoms with Crippen molar-refractivity contribution >= 4 is 17.4 Å². The van der Waals surface area contributed by atoms with E-state index in [1.165, 1.54) is 29.7 Å². The first-order valence-corrected chi connectivity index (χ1v) is 9.79. The van der Waals surface area contributed by atoms with Crippen molar-refractivity contribution in [2.24, 2.45) is 5.73 Å². The van der Waals surface area contributed by atoms with Gasteiger partial charge in [0.25, 0.3) is 0 Å². The van der Waals surface area contributed by atoms with E-state index in [9.17, 15) is 4.79 Å². The second-order valence-electron chi connectivity index (χ2n) is 6.35. The van der Waals surface area contributed by atoms with Crippen LogP contribution in [0.15, 0.2) is 30.5 Å². The fourth-order valence-corrected chi connectivity index (χ4v) is 3.78. The van der Waals surface area contributed by atoms with Gasteiger partial charge in [-0.15, -0.1) is 11.3 Å². The highest BCUT2D eigenvalue weighted by Crippen LogP contribution is 2.26. The van der Waals surface area contributed by atoms with E-state index in [0.717, 1.165) is 54.7 Å². The van der Waals surface area contributed by atoms with Crippen LogP contribution >= 0.6 is 11.3 Å². The summed E-state index contributed by atoms with van der Waals surface area (Å²) >= 11 is 1.51. The molecular weight excluding hydrogens is 350 g/mol. The number of benzene rings is 1. The molecule has 2 aromatic rings. The Labute approximate surface area is 157 Å². The zero-order valence-corrected chi connectivity index (χ0v) is 15.7. The van der Waals surface area contributed by atoms with Crippen LogP contribution in [0.25, 0.3) is 10.6 Å². The van der Waals surface area contributed by atoms with E-state index in [-0.39, 0.29) is 6.61 Å². The van der Waals surface area contributed by atoms with E-state index in [2.05, 4.69) is 34.1 Å². The predicted octanol–water partition coefficient (Wildman–Crippen LogP) is 3.06. The monoisotopic (exact) mass is 375 g/mol. The lowest BCUT2D eigenvalue weighted by Crippen LogP contribution is -2.36. The molecule has 1 aliphatic heterocycles. The van der Waals surface area contributed by atoms with Gasteiger partial charge in [-0.3, -0.25) is 4.90 Å². The minimum atomic E-state index is -0.766. The summed E-state index contributed by atoms with van der Waals surface area (Å²) in [6.45, 7) is 5.21. The van der Waals surface area contributed by atoms with Gasteiger partial charge in [0.15, 0.2) is 0 Å². The zero-order valence-electron chi connectivity index (χ0n) is 14.9. The topological polar surface area (TPSA) is 77.7 Å². The summed E-state index contributed by atoms with van der Waals surface area (Å²) < 4.78 is 10.2. The van der Waals surface area contributed by atoms with Crippen molar-refractivity contribution in [3.8, 4) is 10.6 Å². The molecule has 0 aliphatic carbocycles. The average molecular weight is 375 g/mol. The Bertz CT molecular complexity index is 696. The third-order valence-corrected chi connectivity index (χ3v) is 5.42. The van der Waals surface area contributed by atoms with Gasteiger partial charge in [-0.1, -0.05) is 24.3 Å². The summed E-state index contributed by atoms with van der Waals surface area (Å²) in [7, 11) is 0. The fourth-order valence-electron chi connectivity index (χ4n) is 2.95. The number of primary amides is 1. The van der Waals surface area contributed by atoms with Crippen molar-refractivity contribution < 1.29 is 14.3 Å². The number of carbonyl (C=O) groups excluding carboxylic acids is 1. The number of thiazole rings is 1. The van der Waals surface area contributed by atoms with Gasteiger partial charge in [-0.25, -0.2) is 9.78 Å². The number of aryl methyl sites for hydroxylation is 1. The Kier molecular flexibility index (Phi) is 6.99.